The first-order valence-electron chi connectivity index (χ1n) is 6.31. The molecule has 0 radical (unpaired) electrons. The molecule has 0 bridgehead atoms. The molecular formula is C14H18N4O. The first-order chi connectivity index (χ1) is 9.38. The van der Waals surface area contributed by atoms with Crippen LogP contribution in [-0.4, -0.2) is 30.2 Å². The Balaban J connectivity index is 1.66. The van der Waals surface area contributed by atoms with E-state index < -0.39 is 0 Å². The number of anilines is 2. The molecule has 0 saturated carbocycles. The first-order valence-corrected chi connectivity index (χ1v) is 6.31. The average molecular weight is 258 g/mol. The van der Waals surface area contributed by atoms with Gasteiger partial charge in [-0.15, -0.1) is 0 Å². The topological polar surface area (TPSA) is 59.1 Å². The standard InChI is InChI=1S/C14H18N4O/c1-15-14-17-10-8-13(18-14)16-9-5-11-19-12-6-3-2-4-7-12/h2-4,6-8,10H,5,9,11H2,1H3,(H2,15,16,17,18). The smallest absolute Gasteiger partial charge is 0.224 e. The fourth-order valence-corrected chi connectivity index (χ4v) is 1.57. The van der Waals surface area contributed by atoms with Crippen LogP contribution in [0.25, 0.3) is 0 Å². The average Bonchev–Trinajstić information content (AvgIpc) is 2.48. The summed E-state index contributed by atoms with van der Waals surface area (Å²) in [5.74, 6) is 2.34. The van der Waals surface area contributed by atoms with Gasteiger partial charge < -0.3 is 15.4 Å². The lowest BCUT2D eigenvalue weighted by Crippen LogP contribution is -2.09. The summed E-state index contributed by atoms with van der Waals surface area (Å²) in [5.41, 5.74) is 0. The second-order valence-electron chi connectivity index (χ2n) is 3.96. The van der Waals surface area contributed by atoms with Gasteiger partial charge in [-0.05, 0) is 24.6 Å². The summed E-state index contributed by atoms with van der Waals surface area (Å²) in [7, 11) is 1.80. The predicted molar refractivity (Wildman–Crippen MR) is 76.6 cm³/mol. The van der Waals surface area contributed by atoms with E-state index in [2.05, 4.69) is 20.6 Å². The number of nitrogens with zero attached hydrogens (tertiary/aromatic N) is 2. The van der Waals surface area contributed by atoms with E-state index in [1.165, 1.54) is 0 Å². The van der Waals surface area contributed by atoms with E-state index in [1.54, 1.807) is 13.2 Å². The Hall–Kier alpha value is -2.30. The third kappa shape index (κ3) is 4.46. The van der Waals surface area contributed by atoms with Gasteiger partial charge in [0.2, 0.25) is 5.95 Å². The Bertz CT molecular complexity index is 490. The Morgan fingerprint density at radius 3 is 2.79 bits per heavy atom. The van der Waals surface area contributed by atoms with Crippen LogP contribution >= 0.6 is 0 Å². The number of hydrogen-bond acceptors (Lipinski definition) is 5. The maximum Gasteiger partial charge on any atom is 0.224 e. The fraction of sp³-hybridized carbons (Fsp3) is 0.286. The van der Waals surface area contributed by atoms with Crippen LogP contribution < -0.4 is 15.4 Å². The van der Waals surface area contributed by atoms with Crippen molar-refractivity contribution >= 4 is 11.8 Å². The maximum atomic E-state index is 5.60. The number of ether oxygens (including phenoxy) is 1. The van der Waals surface area contributed by atoms with E-state index in [0.29, 0.717) is 12.6 Å². The SMILES string of the molecule is CNc1nccc(NCCCOc2ccccc2)n1. The highest BCUT2D eigenvalue weighted by molar-refractivity contribution is 5.38. The molecule has 0 unspecified atom stereocenters. The summed E-state index contributed by atoms with van der Waals surface area (Å²) in [6.45, 7) is 1.49. The van der Waals surface area contributed by atoms with Crippen molar-refractivity contribution in [3.05, 3.63) is 42.6 Å². The lowest BCUT2D eigenvalue weighted by molar-refractivity contribution is 0.315. The van der Waals surface area contributed by atoms with Crippen molar-refractivity contribution < 1.29 is 4.74 Å². The highest BCUT2D eigenvalue weighted by Gasteiger charge is 1.96. The molecule has 1 heterocycles. The zero-order valence-electron chi connectivity index (χ0n) is 11.0. The molecule has 0 aliphatic rings. The second-order valence-corrected chi connectivity index (χ2v) is 3.96. The number of nitrogens with one attached hydrogen (secondary N) is 2. The first kappa shape index (κ1) is 13.1. The molecule has 0 aliphatic carbocycles. The van der Waals surface area contributed by atoms with Crippen molar-refractivity contribution in [2.45, 2.75) is 6.42 Å². The normalized spacial score (nSPS) is 9.95. The number of benzene rings is 1. The molecule has 2 rings (SSSR count). The van der Waals surface area contributed by atoms with Crippen LogP contribution in [0, 0.1) is 0 Å². The van der Waals surface area contributed by atoms with Gasteiger partial charge in [-0.1, -0.05) is 18.2 Å². The molecule has 2 N–H and O–H groups in total. The molecule has 1 aromatic carbocycles. The highest BCUT2D eigenvalue weighted by atomic mass is 16.5. The van der Waals surface area contributed by atoms with Crippen molar-refractivity contribution in [1.29, 1.82) is 0 Å². The summed E-state index contributed by atoms with van der Waals surface area (Å²) in [6.07, 6.45) is 2.63. The summed E-state index contributed by atoms with van der Waals surface area (Å²) >= 11 is 0. The van der Waals surface area contributed by atoms with Gasteiger partial charge in [0.1, 0.15) is 11.6 Å². The monoisotopic (exact) mass is 258 g/mol. The number of para-hydroxylation sites is 1. The Morgan fingerprint density at radius 2 is 2.00 bits per heavy atom. The minimum atomic E-state index is 0.616. The van der Waals surface area contributed by atoms with Crippen LogP contribution in [0.2, 0.25) is 0 Å². The zero-order valence-corrected chi connectivity index (χ0v) is 11.0. The summed E-state index contributed by atoms with van der Waals surface area (Å²) in [6, 6.07) is 11.7. The van der Waals surface area contributed by atoms with E-state index in [4.69, 9.17) is 4.74 Å². The van der Waals surface area contributed by atoms with Crippen molar-refractivity contribution in [3.63, 3.8) is 0 Å². The van der Waals surface area contributed by atoms with E-state index in [1.807, 2.05) is 36.4 Å². The summed E-state index contributed by atoms with van der Waals surface area (Å²) in [5, 5.41) is 6.14. The Kier molecular flexibility index (Phi) is 4.98. The van der Waals surface area contributed by atoms with E-state index >= 15 is 0 Å². The van der Waals surface area contributed by atoms with E-state index in [-0.39, 0.29) is 0 Å². The molecule has 1 aromatic heterocycles. The zero-order chi connectivity index (χ0) is 13.3. The van der Waals surface area contributed by atoms with Gasteiger partial charge in [0.25, 0.3) is 0 Å². The molecular weight excluding hydrogens is 240 g/mol. The van der Waals surface area contributed by atoms with Crippen LogP contribution in [0.15, 0.2) is 42.6 Å². The number of hydrogen-bond donors (Lipinski definition) is 2. The van der Waals surface area contributed by atoms with Crippen molar-refractivity contribution in [3.8, 4) is 5.75 Å². The molecule has 100 valence electrons. The minimum absolute atomic E-state index is 0.616. The van der Waals surface area contributed by atoms with Gasteiger partial charge in [0, 0.05) is 19.8 Å². The molecule has 2 aromatic rings. The lowest BCUT2D eigenvalue weighted by atomic mass is 10.3. The molecule has 0 saturated heterocycles. The van der Waals surface area contributed by atoms with Crippen molar-refractivity contribution in [2.75, 3.05) is 30.8 Å². The molecule has 0 spiro atoms. The highest BCUT2D eigenvalue weighted by Crippen LogP contribution is 2.08. The molecule has 19 heavy (non-hydrogen) atoms. The van der Waals surface area contributed by atoms with E-state index in [9.17, 15) is 0 Å². The van der Waals surface area contributed by atoms with Crippen LogP contribution in [0.1, 0.15) is 6.42 Å². The van der Waals surface area contributed by atoms with Crippen LogP contribution in [-0.2, 0) is 0 Å². The third-order valence-corrected chi connectivity index (χ3v) is 2.52. The predicted octanol–water partition coefficient (Wildman–Crippen LogP) is 2.40. The summed E-state index contributed by atoms with van der Waals surface area (Å²) < 4.78 is 5.60. The van der Waals surface area contributed by atoms with Gasteiger partial charge in [-0.2, -0.15) is 4.98 Å². The van der Waals surface area contributed by atoms with E-state index in [0.717, 1.165) is 24.5 Å². The molecule has 0 amide bonds. The van der Waals surface area contributed by atoms with Gasteiger partial charge in [0.05, 0.1) is 6.61 Å². The maximum absolute atomic E-state index is 5.60. The lowest BCUT2D eigenvalue weighted by Gasteiger charge is -2.08. The van der Waals surface area contributed by atoms with Crippen molar-refractivity contribution in [1.82, 2.24) is 9.97 Å². The van der Waals surface area contributed by atoms with Gasteiger partial charge >= 0.3 is 0 Å². The molecule has 0 aliphatic heterocycles. The van der Waals surface area contributed by atoms with Gasteiger partial charge in [-0.3, -0.25) is 0 Å². The van der Waals surface area contributed by atoms with Crippen LogP contribution in [0.5, 0.6) is 5.75 Å². The van der Waals surface area contributed by atoms with Gasteiger partial charge in [0.15, 0.2) is 0 Å². The Morgan fingerprint density at radius 1 is 1.16 bits per heavy atom. The van der Waals surface area contributed by atoms with Crippen LogP contribution in [0.4, 0.5) is 11.8 Å². The van der Waals surface area contributed by atoms with Gasteiger partial charge in [-0.25, -0.2) is 4.98 Å². The molecule has 5 nitrogen and oxygen atoms in total. The van der Waals surface area contributed by atoms with Crippen molar-refractivity contribution in [2.24, 2.45) is 0 Å². The van der Waals surface area contributed by atoms with Crippen LogP contribution in [0.3, 0.4) is 0 Å². The quantitative estimate of drug-likeness (QED) is 0.747. The molecule has 0 atom stereocenters. The summed E-state index contributed by atoms with van der Waals surface area (Å²) in [4.78, 5) is 8.33. The molecule has 0 fully saturated rings. The Labute approximate surface area is 113 Å². The largest absolute Gasteiger partial charge is 0.494 e. The number of rotatable bonds is 7. The third-order valence-electron chi connectivity index (χ3n) is 2.52. The minimum Gasteiger partial charge on any atom is -0.494 e. The second kappa shape index (κ2) is 7.20. The number of aromatic nitrogens is 2. The molecule has 5 heteroatoms. The fourth-order valence-electron chi connectivity index (χ4n) is 1.57.